The Morgan fingerprint density at radius 3 is 2.29 bits per heavy atom. The van der Waals surface area contributed by atoms with E-state index in [1.165, 1.54) is 31.3 Å². The summed E-state index contributed by atoms with van der Waals surface area (Å²) in [7, 11) is 0.597. The standard InChI is InChI=1S/C27H37N3O7S/c1-19(27(32)28-21-10-6-7-11-21)29(17-20-9-8-12-23(15-20)35-2)26(31)18-30(38(5,33)34)22-13-14-24(36-3)25(16-22)37-4/h8-9,12-16,19,21H,6-7,10-11,17-18H2,1-5H3,(H,28,32)/t19-/m1/s1. The van der Waals surface area contributed by atoms with Crippen LogP contribution in [0.3, 0.4) is 0 Å². The number of ether oxygens (including phenoxy) is 3. The highest BCUT2D eigenvalue weighted by Gasteiger charge is 2.31. The Balaban J connectivity index is 1.92. The predicted octanol–water partition coefficient (Wildman–Crippen LogP) is 2.95. The second-order valence-electron chi connectivity index (χ2n) is 9.35. The number of hydrogen-bond acceptors (Lipinski definition) is 7. The van der Waals surface area contributed by atoms with Crippen LogP contribution in [0.1, 0.15) is 38.2 Å². The van der Waals surface area contributed by atoms with Crippen molar-refractivity contribution >= 4 is 27.5 Å². The van der Waals surface area contributed by atoms with Crippen molar-refractivity contribution in [3.63, 3.8) is 0 Å². The molecular weight excluding hydrogens is 510 g/mol. The Morgan fingerprint density at radius 2 is 1.68 bits per heavy atom. The van der Waals surface area contributed by atoms with Gasteiger partial charge in [-0.1, -0.05) is 25.0 Å². The lowest BCUT2D eigenvalue weighted by Gasteiger charge is -2.32. The summed E-state index contributed by atoms with van der Waals surface area (Å²) in [6, 6.07) is 11.0. The summed E-state index contributed by atoms with van der Waals surface area (Å²) in [6.45, 7) is 1.25. The van der Waals surface area contributed by atoms with Crippen molar-refractivity contribution in [2.75, 3.05) is 38.4 Å². The molecule has 2 aromatic carbocycles. The van der Waals surface area contributed by atoms with E-state index in [-0.39, 0.29) is 24.2 Å². The quantitative estimate of drug-likeness (QED) is 0.435. The van der Waals surface area contributed by atoms with E-state index in [0.29, 0.717) is 17.2 Å². The summed E-state index contributed by atoms with van der Waals surface area (Å²) in [5.41, 5.74) is 0.984. The number of hydrogen-bond donors (Lipinski definition) is 1. The molecule has 0 heterocycles. The van der Waals surface area contributed by atoms with Crippen molar-refractivity contribution in [1.82, 2.24) is 10.2 Å². The fourth-order valence-electron chi connectivity index (χ4n) is 4.54. The maximum atomic E-state index is 13.7. The molecule has 2 aromatic rings. The molecule has 0 bridgehead atoms. The Morgan fingerprint density at radius 1 is 1.00 bits per heavy atom. The van der Waals surface area contributed by atoms with Crippen LogP contribution in [0.2, 0.25) is 0 Å². The molecule has 0 spiro atoms. The minimum absolute atomic E-state index is 0.0815. The summed E-state index contributed by atoms with van der Waals surface area (Å²) >= 11 is 0. The van der Waals surface area contributed by atoms with E-state index >= 15 is 0 Å². The first-order valence-corrected chi connectivity index (χ1v) is 14.3. The molecule has 0 saturated heterocycles. The summed E-state index contributed by atoms with van der Waals surface area (Å²) in [4.78, 5) is 28.3. The smallest absolute Gasteiger partial charge is 0.244 e. The zero-order valence-corrected chi connectivity index (χ0v) is 23.4. The first-order chi connectivity index (χ1) is 18.1. The van der Waals surface area contributed by atoms with Crippen LogP contribution >= 0.6 is 0 Å². The molecular formula is C27H37N3O7S. The minimum atomic E-state index is -3.87. The number of anilines is 1. The van der Waals surface area contributed by atoms with Gasteiger partial charge in [0.2, 0.25) is 21.8 Å². The minimum Gasteiger partial charge on any atom is -0.497 e. The zero-order valence-electron chi connectivity index (χ0n) is 22.6. The Bertz CT molecular complexity index is 1230. The van der Waals surface area contributed by atoms with Gasteiger partial charge in [0, 0.05) is 18.7 Å². The molecule has 3 rings (SSSR count). The van der Waals surface area contributed by atoms with Crippen molar-refractivity contribution < 1.29 is 32.2 Å². The van der Waals surface area contributed by atoms with Crippen LogP contribution in [0.4, 0.5) is 5.69 Å². The maximum absolute atomic E-state index is 13.7. The van der Waals surface area contributed by atoms with E-state index in [0.717, 1.165) is 41.8 Å². The third-order valence-corrected chi connectivity index (χ3v) is 7.83. The lowest BCUT2D eigenvalue weighted by Crippen LogP contribution is -2.52. The van der Waals surface area contributed by atoms with Gasteiger partial charge in [0.25, 0.3) is 0 Å². The molecule has 1 fully saturated rings. The zero-order chi connectivity index (χ0) is 27.9. The fraction of sp³-hybridized carbons (Fsp3) is 0.481. The number of methoxy groups -OCH3 is 3. The summed E-state index contributed by atoms with van der Waals surface area (Å²) in [5.74, 6) is 0.560. The molecule has 0 unspecified atom stereocenters. The van der Waals surface area contributed by atoms with E-state index in [1.54, 1.807) is 38.3 Å². The molecule has 11 heteroatoms. The van der Waals surface area contributed by atoms with Gasteiger partial charge in [-0.05, 0) is 49.6 Å². The second kappa shape index (κ2) is 12.9. The Kier molecular flexibility index (Phi) is 9.84. The largest absolute Gasteiger partial charge is 0.497 e. The highest BCUT2D eigenvalue weighted by atomic mass is 32.2. The number of carbonyl (C=O) groups excluding carboxylic acids is 2. The van der Waals surface area contributed by atoms with Gasteiger partial charge in [-0.2, -0.15) is 0 Å². The van der Waals surface area contributed by atoms with Gasteiger partial charge in [0.05, 0.1) is 33.3 Å². The molecule has 0 aromatic heterocycles. The average Bonchev–Trinajstić information content (AvgIpc) is 3.41. The van der Waals surface area contributed by atoms with Gasteiger partial charge in [0.1, 0.15) is 18.3 Å². The van der Waals surface area contributed by atoms with E-state index in [1.807, 2.05) is 6.07 Å². The lowest BCUT2D eigenvalue weighted by atomic mass is 10.1. The van der Waals surface area contributed by atoms with Gasteiger partial charge in [-0.3, -0.25) is 13.9 Å². The molecule has 1 aliphatic carbocycles. The van der Waals surface area contributed by atoms with E-state index in [2.05, 4.69) is 5.32 Å². The van der Waals surface area contributed by atoms with Gasteiger partial charge >= 0.3 is 0 Å². The predicted molar refractivity (Wildman–Crippen MR) is 145 cm³/mol. The van der Waals surface area contributed by atoms with Crippen LogP contribution in [0.5, 0.6) is 17.2 Å². The number of benzene rings is 2. The van der Waals surface area contributed by atoms with Crippen LogP contribution < -0.4 is 23.8 Å². The number of carbonyl (C=O) groups is 2. The second-order valence-corrected chi connectivity index (χ2v) is 11.3. The number of sulfonamides is 1. The summed E-state index contributed by atoms with van der Waals surface area (Å²) in [6.07, 6.45) is 4.95. The van der Waals surface area contributed by atoms with E-state index < -0.39 is 28.5 Å². The highest BCUT2D eigenvalue weighted by Crippen LogP contribution is 2.32. The molecule has 1 aliphatic rings. The third-order valence-electron chi connectivity index (χ3n) is 6.69. The van der Waals surface area contributed by atoms with Crippen molar-refractivity contribution in [2.45, 2.75) is 51.2 Å². The molecule has 1 N–H and O–H groups in total. The van der Waals surface area contributed by atoms with Crippen LogP contribution in [0.15, 0.2) is 42.5 Å². The SMILES string of the molecule is COc1cccc(CN(C(=O)CN(c2ccc(OC)c(OC)c2)S(C)(=O)=O)[C@H](C)C(=O)NC2CCCC2)c1. The first kappa shape index (κ1) is 29.1. The molecule has 208 valence electrons. The maximum Gasteiger partial charge on any atom is 0.244 e. The third kappa shape index (κ3) is 7.31. The molecule has 0 radical (unpaired) electrons. The van der Waals surface area contributed by atoms with Gasteiger partial charge in [-0.25, -0.2) is 8.42 Å². The Labute approximate surface area is 224 Å². The molecule has 10 nitrogen and oxygen atoms in total. The number of nitrogens with zero attached hydrogens (tertiary/aromatic N) is 2. The van der Waals surface area contributed by atoms with Crippen LogP contribution in [0.25, 0.3) is 0 Å². The van der Waals surface area contributed by atoms with Gasteiger partial charge in [0.15, 0.2) is 11.5 Å². The molecule has 2 amide bonds. The Hall–Kier alpha value is -3.47. The molecule has 1 saturated carbocycles. The average molecular weight is 548 g/mol. The summed E-state index contributed by atoms with van der Waals surface area (Å²) < 4.78 is 42.5. The number of rotatable bonds is 12. The normalized spacial score (nSPS) is 14.4. The first-order valence-electron chi connectivity index (χ1n) is 12.5. The summed E-state index contributed by atoms with van der Waals surface area (Å²) in [5, 5.41) is 3.05. The van der Waals surface area contributed by atoms with Crippen molar-refractivity contribution in [3.05, 3.63) is 48.0 Å². The van der Waals surface area contributed by atoms with Crippen molar-refractivity contribution in [1.29, 1.82) is 0 Å². The molecule has 0 aliphatic heterocycles. The number of nitrogens with one attached hydrogen (secondary N) is 1. The lowest BCUT2D eigenvalue weighted by molar-refractivity contribution is -0.139. The van der Waals surface area contributed by atoms with E-state index in [4.69, 9.17) is 14.2 Å². The molecule has 1 atom stereocenters. The van der Waals surface area contributed by atoms with E-state index in [9.17, 15) is 18.0 Å². The van der Waals surface area contributed by atoms with Crippen LogP contribution in [-0.4, -0.2) is 71.3 Å². The highest BCUT2D eigenvalue weighted by molar-refractivity contribution is 7.92. The number of amides is 2. The van der Waals surface area contributed by atoms with Crippen LogP contribution in [-0.2, 0) is 26.2 Å². The van der Waals surface area contributed by atoms with Crippen molar-refractivity contribution in [3.8, 4) is 17.2 Å². The topological polar surface area (TPSA) is 114 Å². The molecule has 38 heavy (non-hydrogen) atoms. The fourth-order valence-corrected chi connectivity index (χ4v) is 5.38. The van der Waals surface area contributed by atoms with Gasteiger partial charge in [-0.15, -0.1) is 0 Å². The van der Waals surface area contributed by atoms with Crippen molar-refractivity contribution in [2.24, 2.45) is 0 Å². The van der Waals surface area contributed by atoms with Gasteiger partial charge < -0.3 is 24.4 Å². The van der Waals surface area contributed by atoms with Crippen LogP contribution in [0, 0.1) is 0 Å². The monoisotopic (exact) mass is 547 g/mol.